The summed E-state index contributed by atoms with van der Waals surface area (Å²) < 4.78 is 25.0. The molecule has 0 spiro atoms. The second-order valence-corrected chi connectivity index (χ2v) is 32.3. The lowest BCUT2D eigenvalue weighted by Crippen LogP contribution is -2.44. The number of benzene rings is 4. The lowest BCUT2D eigenvalue weighted by Gasteiger charge is -2.33. The Morgan fingerprint density at radius 2 is 0.553 bits per heavy atom. The zero-order chi connectivity index (χ0) is 65.0. The van der Waals surface area contributed by atoms with E-state index >= 15 is 0 Å². The van der Waals surface area contributed by atoms with E-state index in [2.05, 4.69) is 0 Å². The summed E-state index contributed by atoms with van der Waals surface area (Å²) in [6.07, 6.45) is 0.377. The number of hydrogen-bond acceptors (Lipinski definition) is 12. The van der Waals surface area contributed by atoms with Crippen molar-refractivity contribution in [1.82, 2.24) is 0 Å². The van der Waals surface area contributed by atoms with Gasteiger partial charge >= 0.3 is 17.9 Å². The molecule has 0 aromatic heterocycles. The second-order valence-electron chi connectivity index (χ2n) is 32.3. The van der Waals surface area contributed by atoms with Gasteiger partial charge in [-0.3, -0.25) is 14.4 Å². The normalized spacial score (nSPS) is 13.6. The van der Waals surface area contributed by atoms with Crippen molar-refractivity contribution >= 4 is 24.2 Å². The number of aldehydes is 1. The number of aromatic hydroxyl groups is 4. The Morgan fingerprint density at radius 3 is 0.741 bits per heavy atom. The van der Waals surface area contributed by atoms with E-state index in [1.54, 1.807) is 0 Å². The molecule has 12 heteroatoms. The smallest absolute Gasteiger partial charge is 0.306 e. The first-order valence-electron chi connectivity index (χ1n) is 30.5. The van der Waals surface area contributed by atoms with E-state index in [0.29, 0.717) is 17.4 Å². The van der Waals surface area contributed by atoms with Crippen molar-refractivity contribution in [3.63, 3.8) is 0 Å². The molecule has 0 aliphatic rings. The molecule has 0 saturated heterocycles. The molecule has 12 nitrogen and oxygen atoms in total. The van der Waals surface area contributed by atoms with E-state index in [4.69, 9.17) is 18.9 Å². The van der Waals surface area contributed by atoms with Crippen molar-refractivity contribution in [3.05, 3.63) is 115 Å². The molecule has 4 rings (SSSR count). The third-order valence-electron chi connectivity index (χ3n) is 15.8. The number of carbonyl (C=O) groups excluding carboxylic acids is 4. The summed E-state index contributed by atoms with van der Waals surface area (Å²) in [6, 6.07) is 15.3. The van der Waals surface area contributed by atoms with Crippen LogP contribution in [-0.2, 0) is 107 Å². The third kappa shape index (κ3) is 19.8. The first kappa shape index (κ1) is 71.6. The van der Waals surface area contributed by atoms with Gasteiger partial charge in [-0.25, -0.2) is 0 Å². The van der Waals surface area contributed by atoms with Gasteiger partial charge in [-0.2, -0.15) is 0 Å². The van der Waals surface area contributed by atoms with E-state index in [1.165, 1.54) is 0 Å². The molecule has 4 aromatic carbocycles. The van der Waals surface area contributed by atoms with Crippen LogP contribution < -0.4 is 0 Å². The molecule has 1 unspecified atom stereocenters. The highest BCUT2D eigenvalue weighted by molar-refractivity contribution is 5.71. The van der Waals surface area contributed by atoms with Gasteiger partial charge in [-0.15, -0.1) is 0 Å². The van der Waals surface area contributed by atoms with E-state index < -0.39 is 92.6 Å². The topological polar surface area (TPSA) is 186 Å². The Bertz CT molecular complexity index is 2620. The number of rotatable bonds is 21. The van der Waals surface area contributed by atoms with Crippen LogP contribution in [0.25, 0.3) is 0 Å². The Kier molecular flexibility index (Phi) is 22.4. The van der Waals surface area contributed by atoms with Crippen molar-refractivity contribution in [3.8, 4) is 23.0 Å². The van der Waals surface area contributed by atoms with Crippen LogP contribution >= 0.6 is 0 Å². The molecule has 0 aliphatic carbocycles. The summed E-state index contributed by atoms with van der Waals surface area (Å²) in [4.78, 5) is 55.7. The van der Waals surface area contributed by atoms with Crippen LogP contribution in [0.5, 0.6) is 23.0 Å². The van der Waals surface area contributed by atoms with E-state index in [1.807, 2.05) is 215 Å². The van der Waals surface area contributed by atoms with Crippen LogP contribution in [0.4, 0.5) is 0 Å². The number of carbonyl (C=O) groups is 4. The van der Waals surface area contributed by atoms with Gasteiger partial charge in [-0.1, -0.05) is 215 Å². The van der Waals surface area contributed by atoms with Gasteiger partial charge in [0.25, 0.3) is 0 Å². The summed E-state index contributed by atoms with van der Waals surface area (Å²) in [5, 5.41) is 45.9. The predicted octanol–water partition coefficient (Wildman–Crippen LogP) is 15.5. The van der Waals surface area contributed by atoms with Crippen LogP contribution in [0.2, 0.25) is 0 Å². The minimum Gasteiger partial charge on any atom is -0.507 e. The molecular weight excluding hydrogens is 1070 g/mol. The van der Waals surface area contributed by atoms with Crippen molar-refractivity contribution in [1.29, 1.82) is 0 Å². The van der Waals surface area contributed by atoms with Gasteiger partial charge < -0.3 is 44.2 Å². The molecule has 0 saturated carbocycles. The monoisotopic (exact) mass is 1180 g/mol. The first-order valence-corrected chi connectivity index (χ1v) is 30.5. The summed E-state index contributed by atoms with van der Waals surface area (Å²) in [6.45, 7) is 46.9. The highest BCUT2D eigenvalue weighted by Gasteiger charge is 2.39. The van der Waals surface area contributed by atoms with Gasteiger partial charge in [0.2, 0.25) is 0 Å². The molecule has 0 aliphatic heterocycles. The molecule has 4 N–H and O–H groups in total. The lowest BCUT2D eigenvalue weighted by molar-refractivity contribution is -0.170. The fraction of sp³-hybridized carbons (Fsp3) is 0.616. The average Bonchev–Trinajstić information content (AvgIpc) is 1.40. The molecule has 0 radical (unpaired) electrons. The summed E-state index contributed by atoms with van der Waals surface area (Å²) in [5.41, 5.74) is 4.40. The zero-order valence-electron chi connectivity index (χ0n) is 56.6. The molecule has 0 fully saturated rings. The minimum atomic E-state index is -1.55. The second kappa shape index (κ2) is 26.6. The number of hydrogen-bond donors (Lipinski definition) is 4. The van der Waals surface area contributed by atoms with E-state index in [9.17, 15) is 39.6 Å². The number of ether oxygens (including phenoxy) is 4. The van der Waals surface area contributed by atoms with Gasteiger partial charge in [0.1, 0.15) is 55.2 Å². The SMILES string of the molecule is CC(C)(C)c1cc(CCC(=O)OCC(COC(=O)CCc2cc(C(C)(C)C)c(O)c(C(C)(C)C)c2)(COC(=O)CCc2cc(C(C)(C)C)c(O)c(C(C)(C)C)c2)COC(C=O)Cc2cc(C(C)(C)C)c(O)c(C(C)(C)C)c2)cc(C(C)(C)C)c1O. The standard InChI is InChI=1S/C73H108O12/c1-65(2,3)50-32-45(33-51(61(50)78)66(4,5)6)25-28-58(75)83-42-73(41-82-49(40-74)31-48-38-56(71(19,20)21)64(81)57(39-48)72(22,23)24,43-84-59(76)29-26-46-34-52(67(7,8)9)62(79)53(35-46)68(10,11)12)44-85-60(77)30-27-47-36-54(69(13,14)15)63(80)55(37-47)70(16,17)18/h32-40,49,78-81H,25-31,41-44H2,1-24H3. The number of aryl methyl sites for hydroxylation is 3. The van der Waals surface area contributed by atoms with E-state index in [0.717, 1.165) is 55.6 Å². The minimum absolute atomic E-state index is 0.0576. The van der Waals surface area contributed by atoms with Crippen LogP contribution in [-0.4, -0.2) is 77.2 Å². The molecule has 472 valence electrons. The van der Waals surface area contributed by atoms with Crippen molar-refractivity contribution < 1.29 is 58.6 Å². The molecule has 85 heavy (non-hydrogen) atoms. The highest BCUT2D eigenvalue weighted by atomic mass is 16.6. The van der Waals surface area contributed by atoms with Crippen molar-refractivity contribution in [2.75, 3.05) is 26.4 Å². The summed E-state index contributed by atoms with van der Waals surface area (Å²) >= 11 is 0. The highest BCUT2D eigenvalue weighted by Crippen LogP contribution is 2.44. The van der Waals surface area contributed by atoms with Gasteiger partial charge in [0.05, 0.1) is 12.0 Å². The quantitative estimate of drug-likeness (QED) is 0.0352. The Balaban J connectivity index is 1.81. The van der Waals surface area contributed by atoms with Crippen LogP contribution in [0.3, 0.4) is 0 Å². The number of phenolic OH excluding ortho intramolecular Hbond substituents is 4. The lowest BCUT2D eigenvalue weighted by atomic mass is 9.78. The molecular formula is C73H108O12. The Labute approximate surface area is 511 Å². The maximum absolute atomic E-state index is 14.2. The molecule has 0 bridgehead atoms. The zero-order valence-corrected chi connectivity index (χ0v) is 56.6. The molecule has 0 amide bonds. The van der Waals surface area contributed by atoms with Crippen LogP contribution in [0, 0.1) is 5.41 Å². The average molecular weight is 1180 g/mol. The first-order chi connectivity index (χ1) is 38.5. The number of phenols is 4. The van der Waals surface area contributed by atoms with Gasteiger partial charge in [-0.05, 0) is 129 Å². The molecule has 1 atom stereocenters. The van der Waals surface area contributed by atoms with Crippen LogP contribution in [0.1, 0.15) is 252 Å². The summed E-state index contributed by atoms with van der Waals surface area (Å²) in [5.74, 6) is -0.888. The maximum atomic E-state index is 14.2. The fourth-order valence-corrected chi connectivity index (χ4v) is 10.5. The maximum Gasteiger partial charge on any atom is 0.306 e. The van der Waals surface area contributed by atoms with Gasteiger partial charge in [0.15, 0.2) is 0 Å². The fourth-order valence-electron chi connectivity index (χ4n) is 10.5. The molecule has 4 aromatic rings. The van der Waals surface area contributed by atoms with E-state index in [-0.39, 0.29) is 74.6 Å². The summed E-state index contributed by atoms with van der Waals surface area (Å²) in [7, 11) is 0. The Hall–Kier alpha value is -5.88. The third-order valence-corrected chi connectivity index (χ3v) is 15.8. The predicted molar refractivity (Wildman–Crippen MR) is 342 cm³/mol. The number of esters is 3. The van der Waals surface area contributed by atoms with Crippen molar-refractivity contribution in [2.45, 2.75) is 261 Å². The Morgan fingerprint density at radius 1 is 0.353 bits per heavy atom. The van der Waals surface area contributed by atoms with Crippen LogP contribution in [0.15, 0.2) is 48.5 Å². The van der Waals surface area contributed by atoms with Crippen molar-refractivity contribution in [2.24, 2.45) is 5.41 Å². The molecule has 0 heterocycles. The van der Waals surface area contributed by atoms with Gasteiger partial charge in [0, 0.05) is 25.7 Å². The largest absolute Gasteiger partial charge is 0.507 e.